The third-order valence-electron chi connectivity index (χ3n) is 2.69. The molecule has 0 saturated heterocycles. The number of aliphatic hydroxyl groups excluding tert-OH is 1. The van der Waals surface area contributed by atoms with Crippen LogP contribution in [0.5, 0.6) is 5.75 Å². The Morgan fingerprint density at radius 2 is 2.00 bits per heavy atom. The van der Waals surface area contributed by atoms with Crippen LogP contribution in [0, 0.1) is 13.8 Å². The second kappa shape index (κ2) is 4.88. The summed E-state index contributed by atoms with van der Waals surface area (Å²) in [5.74, 6) is -3.76. The van der Waals surface area contributed by atoms with Gasteiger partial charge < -0.3 is 15.9 Å². The maximum absolute atomic E-state index is 13.3. The largest absolute Gasteiger partial charge is 0.508 e. The summed E-state index contributed by atoms with van der Waals surface area (Å²) in [5, 5.41) is 18.3. The van der Waals surface area contributed by atoms with E-state index in [1.165, 1.54) is 6.07 Å². The van der Waals surface area contributed by atoms with E-state index < -0.39 is 18.6 Å². The van der Waals surface area contributed by atoms with Crippen LogP contribution in [0.25, 0.3) is 0 Å². The molecule has 0 saturated carbocycles. The second-order valence-electron chi connectivity index (χ2n) is 3.96. The minimum Gasteiger partial charge on any atom is -0.508 e. The molecule has 0 unspecified atom stereocenters. The van der Waals surface area contributed by atoms with E-state index in [1.54, 1.807) is 13.8 Å². The van der Waals surface area contributed by atoms with Crippen molar-refractivity contribution >= 4 is 15.9 Å². The quantitative estimate of drug-likeness (QED) is 0.803. The molecule has 6 heteroatoms. The molecule has 1 aromatic carbocycles. The van der Waals surface area contributed by atoms with Crippen molar-refractivity contribution in [3.05, 3.63) is 27.2 Å². The fraction of sp³-hybridized carbons (Fsp3) is 0.455. The predicted octanol–water partition coefficient (Wildman–Crippen LogP) is 2.40. The van der Waals surface area contributed by atoms with Gasteiger partial charge in [0.15, 0.2) is 0 Å². The molecular weight excluding hydrogens is 296 g/mol. The molecule has 0 spiro atoms. The molecule has 17 heavy (non-hydrogen) atoms. The molecule has 3 nitrogen and oxygen atoms in total. The number of hydrogen-bond donors (Lipinski definition) is 3. The van der Waals surface area contributed by atoms with Gasteiger partial charge in [-0.05, 0) is 31.0 Å². The summed E-state index contributed by atoms with van der Waals surface area (Å²) < 4.78 is 27.3. The average Bonchev–Trinajstić information content (AvgIpc) is 2.26. The average molecular weight is 310 g/mol. The minimum atomic E-state index is -3.48. The van der Waals surface area contributed by atoms with Gasteiger partial charge in [0.05, 0.1) is 0 Å². The predicted molar refractivity (Wildman–Crippen MR) is 64.2 cm³/mol. The number of rotatable bonds is 3. The fourth-order valence-electron chi connectivity index (χ4n) is 1.65. The Kier molecular flexibility index (Phi) is 4.11. The van der Waals surface area contributed by atoms with Gasteiger partial charge in [0.2, 0.25) is 0 Å². The van der Waals surface area contributed by atoms with Gasteiger partial charge in [-0.3, -0.25) is 0 Å². The van der Waals surface area contributed by atoms with Gasteiger partial charge in [-0.1, -0.05) is 15.9 Å². The minimum absolute atomic E-state index is 0.0541. The lowest BCUT2D eigenvalue weighted by Crippen LogP contribution is -2.36. The van der Waals surface area contributed by atoms with Gasteiger partial charge in [0.1, 0.15) is 18.4 Å². The molecule has 0 bridgehead atoms. The molecule has 0 radical (unpaired) electrons. The normalized spacial score (nSPS) is 13.8. The lowest BCUT2D eigenvalue weighted by Gasteiger charge is -2.25. The van der Waals surface area contributed by atoms with Crippen molar-refractivity contribution in [1.29, 1.82) is 0 Å². The second-order valence-corrected chi connectivity index (χ2v) is 4.76. The van der Waals surface area contributed by atoms with Crippen LogP contribution in [0.2, 0.25) is 0 Å². The monoisotopic (exact) mass is 309 g/mol. The van der Waals surface area contributed by atoms with Crippen molar-refractivity contribution in [2.24, 2.45) is 5.73 Å². The highest BCUT2D eigenvalue weighted by molar-refractivity contribution is 9.10. The van der Waals surface area contributed by atoms with Gasteiger partial charge >= 0.3 is 0 Å². The van der Waals surface area contributed by atoms with Gasteiger partial charge in [-0.15, -0.1) is 0 Å². The summed E-state index contributed by atoms with van der Waals surface area (Å²) in [6.07, 6.45) is 0. The van der Waals surface area contributed by atoms with Crippen molar-refractivity contribution in [2.75, 3.05) is 6.61 Å². The smallest absolute Gasteiger partial charge is 0.289 e. The molecule has 96 valence electrons. The molecule has 0 heterocycles. The van der Waals surface area contributed by atoms with Crippen LogP contribution in [0.3, 0.4) is 0 Å². The van der Waals surface area contributed by atoms with Crippen molar-refractivity contribution in [3.8, 4) is 5.75 Å². The first-order chi connectivity index (χ1) is 7.72. The van der Waals surface area contributed by atoms with Gasteiger partial charge in [-0.2, -0.15) is 0 Å². The highest BCUT2D eigenvalue weighted by atomic mass is 79.9. The van der Waals surface area contributed by atoms with E-state index in [4.69, 9.17) is 10.8 Å². The van der Waals surface area contributed by atoms with Crippen molar-refractivity contribution in [3.63, 3.8) is 0 Å². The molecule has 0 aliphatic heterocycles. The number of nitrogens with two attached hydrogens (primary N) is 1. The maximum atomic E-state index is 13.3. The molecule has 0 aliphatic rings. The number of aryl methyl sites for hydroxylation is 1. The van der Waals surface area contributed by atoms with Crippen molar-refractivity contribution in [2.45, 2.75) is 25.8 Å². The molecule has 0 aliphatic carbocycles. The van der Waals surface area contributed by atoms with Crippen LogP contribution < -0.4 is 5.73 Å². The van der Waals surface area contributed by atoms with E-state index in [2.05, 4.69) is 15.9 Å². The zero-order valence-corrected chi connectivity index (χ0v) is 11.1. The van der Waals surface area contributed by atoms with Crippen LogP contribution in [0.1, 0.15) is 22.7 Å². The highest BCUT2D eigenvalue weighted by Gasteiger charge is 2.39. The summed E-state index contributed by atoms with van der Waals surface area (Å²) in [5.41, 5.74) is 6.53. The number of phenols is 1. The number of alkyl halides is 2. The van der Waals surface area contributed by atoms with Crippen LogP contribution in [0.15, 0.2) is 10.5 Å². The Labute approximate surface area is 106 Å². The molecule has 1 atom stereocenters. The SMILES string of the molecule is Cc1cc(O)c([C@@H](N)C(F)(F)CO)c(C)c1Br. The van der Waals surface area contributed by atoms with E-state index in [9.17, 15) is 13.9 Å². The lowest BCUT2D eigenvalue weighted by molar-refractivity contribution is -0.0717. The summed E-state index contributed by atoms with van der Waals surface area (Å²) in [6.45, 7) is 1.95. The van der Waals surface area contributed by atoms with Gasteiger partial charge in [-0.25, -0.2) is 8.78 Å². The third-order valence-corrected chi connectivity index (χ3v) is 3.91. The fourth-order valence-corrected chi connectivity index (χ4v) is 1.98. The van der Waals surface area contributed by atoms with Gasteiger partial charge in [0.25, 0.3) is 5.92 Å². The summed E-state index contributed by atoms with van der Waals surface area (Å²) >= 11 is 3.25. The van der Waals surface area contributed by atoms with E-state index in [0.29, 0.717) is 10.0 Å². The number of hydrogen-bond acceptors (Lipinski definition) is 3. The molecule has 0 aromatic heterocycles. The Morgan fingerprint density at radius 3 is 2.47 bits per heavy atom. The van der Waals surface area contributed by atoms with E-state index in [1.807, 2.05) is 0 Å². The first-order valence-corrected chi connectivity index (χ1v) is 5.74. The summed E-state index contributed by atoms with van der Waals surface area (Å²) in [4.78, 5) is 0. The molecule has 0 fully saturated rings. The molecule has 0 amide bonds. The first kappa shape index (κ1) is 14.3. The number of halogens is 3. The topological polar surface area (TPSA) is 66.5 Å². The number of aliphatic hydroxyl groups is 1. The first-order valence-electron chi connectivity index (χ1n) is 4.95. The summed E-state index contributed by atoms with van der Waals surface area (Å²) in [6, 6.07) is -0.385. The zero-order valence-electron chi connectivity index (χ0n) is 9.47. The van der Waals surface area contributed by atoms with Crippen LogP contribution in [-0.4, -0.2) is 22.7 Å². The van der Waals surface area contributed by atoms with Crippen LogP contribution in [0.4, 0.5) is 8.78 Å². The third kappa shape index (κ3) is 2.59. The van der Waals surface area contributed by atoms with Gasteiger partial charge in [0, 0.05) is 10.0 Å². The van der Waals surface area contributed by atoms with E-state index in [0.717, 1.165) is 5.56 Å². The van der Waals surface area contributed by atoms with Crippen molar-refractivity contribution in [1.82, 2.24) is 0 Å². The molecule has 4 N–H and O–H groups in total. The van der Waals surface area contributed by atoms with E-state index in [-0.39, 0.29) is 11.3 Å². The lowest BCUT2D eigenvalue weighted by atomic mass is 9.94. The highest BCUT2D eigenvalue weighted by Crippen LogP contribution is 2.39. The Hall–Kier alpha value is -0.720. The molecule has 1 aromatic rings. The van der Waals surface area contributed by atoms with Crippen molar-refractivity contribution < 1.29 is 19.0 Å². The zero-order chi connectivity index (χ0) is 13.4. The molecule has 1 rings (SSSR count). The maximum Gasteiger partial charge on any atom is 0.289 e. The Balaban J connectivity index is 3.37. The van der Waals surface area contributed by atoms with E-state index >= 15 is 0 Å². The van der Waals surface area contributed by atoms with Crippen LogP contribution in [-0.2, 0) is 0 Å². The Morgan fingerprint density at radius 1 is 1.47 bits per heavy atom. The van der Waals surface area contributed by atoms with Crippen LogP contribution >= 0.6 is 15.9 Å². The standard InChI is InChI=1S/C11H14BrF2NO2/c1-5-3-7(17)8(6(2)9(5)12)10(15)11(13,14)4-16/h3,10,16-17H,4,15H2,1-2H3/t10-/m1/s1. The Bertz CT molecular complexity index is 438. The number of aromatic hydroxyl groups is 1. The number of phenolic OH excluding ortho intramolecular Hbond substituents is 1. The summed E-state index contributed by atoms with van der Waals surface area (Å²) in [7, 11) is 0. The molecular formula is C11H14BrF2NO2. The number of benzene rings is 1.